The van der Waals surface area contributed by atoms with Gasteiger partial charge in [-0.25, -0.2) is 14.2 Å². The summed E-state index contributed by atoms with van der Waals surface area (Å²) in [5.41, 5.74) is 2.44. The van der Waals surface area contributed by atoms with E-state index in [0.717, 1.165) is 29.4 Å². The summed E-state index contributed by atoms with van der Waals surface area (Å²) in [7, 11) is 0. The van der Waals surface area contributed by atoms with E-state index in [-0.39, 0.29) is 24.0 Å². The number of nitrogens with zero attached hydrogens (tertiary/aromatic N) is 1. The molecule has 1 fully saturated rings. The number of carbonyl (C=O) groups is 1. The Kier molecular flexibility index (Phi) is 6.34. The lowest BCUT2D eigenvalue weighted by molar-refractivity contribution is 0.117. The molecule has 1 atom stereocenters. The normalized spacial score (nSPS) is 20.1. The topological polar surface area (TPSA) is 90.0 Å². The number of urea groups is 1. The Morgan fingerprint density at radius 2 is 2.00 bits per heavy atom. The molecular formula is C22H24BrFN4O2. The molecule has 8 heteroatoms. The van der Waals surface area contributed by atoms with Gasteiger partial charge in [-0.3, -0.25) is 0 Å². The van der Waals surface area contributed by atoms with Crippen LogP contribution >= 0.6 is 15.9 Å². The molecule has 0 aliphatic heterocycles. The van der Waals surface area contributed by atoms with Crippen LogP contribution in [0.25, 0.3) is 11.0 Å². The highest BCUT2D eigenvalue weighted by molar-refractivity contribution is 9.10. The van der Waals surface area contributed by atoms with Crippen molar-refractivity contribution in [3.8, 4) is 0 Å². The van der Waals surface area contributed by atoms with Crippen LogP contribution in [0.2, 0.25) is 0 Å². The van der Waals surface area contributed by atoms with Gasteiger partial charge in [0, 0.05) is 12.5 Å². The second kappa shape index (κ2) is 9.14. The fraction of sp³-hybridized carbons (Fsp3) is 0.364. The Hall–Kier alpha value is -2.45. The molecule has 1 aliphatic carbocycles. The fourth-order valence-corrected chi connectivity index (χ4v) is 4.11. The van der Waals surface area contributed by atoms with Gasteiger partial charge >= 0.3 is 6.03 Å². The molecule has 4 rings (SSSR count). The number of hydrogen-bond acceptors (Lipinski definition) is 3. The van der Waals surface area contributed by atoms with Crippen molar-refractivity contribution in [2.24, 2.45) is 0 Å². The number of hydrogen-bond donors (Lipinski definition) is 4. The van der Waals surface area contributed by atoms with Gasteiger partial charge in [0.1, 0.15) is 11.6 Å². The van der Waals surface area contributed by atoms with Crippen molar-refractivity contribution in [2.75, 3.05) is 0 Å². The van der Waals surface area contributed by atoms with Gasteiger partial charge in [0.05, 0.1) is 27.7 Å². The van der Waals surface area contributed by atoms with Crippen LogP contribution < -0.4 is 10.6 Å². The number of carbonyl (C=O) groups excluding carboxylic acids is 1. The number of aromatic amines is 1. The number of imidazole rings is 1. The SMILES string of the molecule is O=C(NC1CCC(O)CC1)NC(Cc1ccc(Br)c(F)c1)c1nc2ccccc2[nH]1. The molecule has 0 saturated heterocycles. The molecule has 2 aromatic carbocycles. The molecule has 0 radical (unpaired) electrons. The predicted molar refractivity (Wildman–Crippen MR) is 117 cm³/mol. The molecule has 1 unspecified atom stereocenters. The maximum absolute atomic E-state index is 14.0. The predicted octanol–water partition coefficient (Wildman–Crippen LogP) is 4.35. The number of aromatic nitrogens is 2. The number of para-hydroxylation sites is 2. The molecule has 3 aromatic rings. The monoisotopic (exact) mass is 474 g/mol. The standard InChI is InChI=1S/C22H24BrFN4O2/c23-16-10-5-13(11-17(16)24)12-20(21-26-18-3-1-2-4-19(18)27-21)28-22(30)25-14-6-8-15(29)9-7-14/h1-5,10-11,14-15,20,29H,6-9,12H2,(H,26,27)(H2,25,28,30). The molecule has 4 N–H and O–H groups in total. The number of benzene rings is 2. The number of aliphatic hydroxyl groups is 1. The Bertz CT molecular complexity index is 1000. The van der Waals surface area contributed by atoms with Crippen LogP contribution in [0.1, 0.15) is 43.1 Å². The van der Waals surface area contributed by atoms with Crippen molar-refractivity contribution in [3.63, 3.8) is 0 Å². The number of halogens is 2. The first kappa shape index (κ1) is 20.8. The molecule has 158 valence electrons. The first-order chi connectivity index (χ1) is 14.5. The molecule has 0 bridgehead atoms. The summed E-state index contributed by atoms with van der Waals surface area (Å²) in [4.78, 5) is 20.6. The lowest BCUT2D eigenvalue weighted by Gasteiger charge is -2.27. The minimum absolute atomic E-state index is 0.0369. The molecular weight excluding hydrogens is 451 g/mol. The average Bonchev–Trinajstić information content (AvgIpc) is 3.16. The maximum atomic E-state index is 14.0. The van der Waals surface area contributed by atoms with Gasteiger partial charge < -0.3 is 20.7 Å². The van der Waals surface area contributed by atoms with Crippen LogP contribution in [0.5, 0.6) is 0 Å². The van der Waals surface area contributed by atoms with Crippen LogP contribution in [-0.2, 0) is 6.42 Å². The van der Waals surface area contributed by atoms with E-state index in [1.165, 1.54) is 6.07 Å². The molecule has 1 aromatic heterocycles. The molecule has 1 saturated carbocycles. The van der Waals surface area contributed by atoms with Gasteiger partial charge in [-0.2, -0.15) is 0 Å². The summed E-state index contributed by atoms with van der Waals surface area (Å²) < 4.78 is 14.4. The number of H-pyrrole nitrogens is 1. The Morgan fingerprint density at radius 1 is 1.23 bits per heavy atom. The Labute approximate surface area is 182 Å². The van der Waals surface area contributed by atoms with Crippen molar-refractivity contribution >= 4 is 33.0 Å². The van der Waals surface area contributed by atoms with Crippen LogP contribution in [0.3, 0.4) is 0 Å². The third-order valence-electron chi connectivity index (χ3n) is 5.50. The maximum Gasteiger partial charge on any atom is 0.315 e. The van der Waals surface area contributed by atoms with Crippen LogP contribution in [0, 0.1) is 5.82 Å². The lowest BCUT2D eigenvalue weighted by atomic mass is 9.93. The molecule has 2 amide bonds. The highest BCUT2D eigenvalue weighted by atomic mass is 79.9. The second-order valence-corrected chi connectivity index (χ2v) is 8.62. The minimum Gasteiger partial charge on any atom is -0.393 e. The Balaban J connectivity index is 1.53. The number of fused-ring (bicyclic) bond motifs is 1. The van der Waals surface area contributed by atoms with Gasteiger partial charge in [-0.05, 0) is 71.4 Å². The van der Waals surface area contributed by atoms with Crippen molar-refractivity contribution < 1.29 is 14.3 Å². The average molecular weight is 475 g/mol. The minimum atomic E-state index is -0.452. The quantitative estimate of drug-likeness (QED) is 0.442. The van der Waals surface area contributed by atoms with E-state index in [1.807, 2.05) is 30.3 Å². The van der Waals surface area contributed by atoms with E-state index >= 15 is 0 Å². The van der Waals surface area contributed by atoms with Crippen molar-refractivity contribution in [2.45, 2.75) is 50.3 Å². The highest BCUT2D eigenvalue weighted by Gasteiger charge is 2.24. The highest BCUT2D eigenvalue weighted by Crippen LogP contribution is 2.23. The first-order valence-electron chi connectivity index (χ1n) is 10.1. The molecule has 0 spiro atoms. The summed E-state index contributed by atoms with van der Waals surface area (Å²) in [5.74, 6) is 0.273. The number of aliphatic hydroxyl groups excluding tert-OH is 1. The van der Waals surface area contributed by atoms with E-state index in [4.69, 9.17) is 0 Å². The van der Waals surface area contributed by atoms with Crippen LogP contribution in [-0.4, -0.2) is 33.3 Å². The van der Waals surface area contributed by atoms with E-state index in [2.05, 4.69) is 36.5 Å². The van der Waals surface area contributed by atoms with E-state index in [1.54, 1.807) is 6.07 Å². The van der Waals surface area contributed by atoms with Gasteiger partial charge in [0.15, 0.2) is 0 Å². The van der Waals surface area contributed by atoms with Crippen molar-refractivity contribution in [3.05, 3.63) is 64.1 Å². The summed E-state index contributed by atoms with van der Waals surface area (Å²) in [6.45, 7) is 0. The summed E-state index contributed by atoms with van der Waals surface area (Å²) >= 11 is 3.17. The van der Waals surface area contributed by atoms with Gasteiger partial charge in [-0.1, -0.05) is 18.2 Å². The smallest absolute Gasteiger partial charge is 0.315 e. The van der Waals surface area contributed by atoms with E-state index < -0.39 is 6.04 Å². The molecule has 30 heavy (non-hydrogen) atoms. The zero-order valence-corrected chi connectivity index (χ0v) is 18.0. The van der Waals surface area contributed by atoms with Crippen LogP contribution in [0.15, 0.2) is 46.9 Å². The third kappa shape index (κ3) is 4.99. The van der Waals surface area contributed by atoms with E-state index in [0.29, 0.717) is 29.6 Å². The number of nitrogens with one attached hydrogen (secondary N) is 3. The fourth-order valence-electron chi connectivity index (χ4n) is 3.86. The molecule has 1 aliphatic rings. The largest absolute Gasteiger partial charge is 0.393 e. The number of rotatable bonds is 5. The summed E-state index contributed by atoms with van der Waals surface area (Å²) in [6, 6.07) is 11.9. The zero-order valence-electron chi connectivity index (χ0n) is 16.4. The van der Waals surface area contributed by atoms with Crippen molar-refractivity contribution in [1.29, 1.82) is 0 Å². The van der Waals surface area contributed by atoms with Crippen molar-refractivity contribution in [1.82, 2.24) is 20.6 Å². The van der Waals surface area contributed by atoms with Gasteiger partial charge in [0.2, 0.25) is 0 Å². The Morgan fingerprint density at radius 3 is 2.73 bits per heavy atom. The molecule has 1 heterocycles. The summed E-state index contributed by atoms with van der Waals surface area (Å²) in [5, 5.41) is 15.6. The van der Waals surface area contributed by atoms with Crippen LogP contribution in [0.4, 0.5) is 9.18 Å². The first-order valence-corrected chi connectivity index (χ1v) is 10.9. The van der Waals surface area contributed by atoms with E-state index in [9.17, 15) is 14.3 Å². The van der Waals surface area contributed by atoms with Gasteiger partial charge in [-0.15, -0.1) is 0 Å². The lowest BCUT2D eigenvalue weighted by Crippen LogP contribution is -2.45. The van der Waals surface area contributed by atoms with Gasteiger partial charge in [0.25, 0.3) is 0 Å². The third-order valence-corrected chi connectivity index (χ3v) is 6.14. The number of amides is 2. The summed E-state index contributed by atoms with van der Waals surface area (Å²) in [6.07, 6.45) is 3.00. The zero-order chi connectivity index (χ0) is 21.1. The molecule has 6 nitrogen and oxygen atoms in total. The second-order valence-electron chi connectivity index (χ2n) is 7.77.